The molecule has 0 bridgehead atoms. The zero-order valence-electron chi connectivity index (χ0n) is 4.59. The Kier molecular flexibility index (Phi) is 0.640. The minimum Gasteiger partial charge on any atom is -0.367 e. The first-order valence-corrected chi connectivity index (χ1v) is 2.84. The Balaban J connectivity index is 2.28. The first-order valence-electron chi connectivity index (χ1n) is 2.84. The van der Waals surface area contributed by atoms with Crippen molar-refractivity contribution in [3.63, 3.8) is 0 Å². The molecule has 0 atom stereocenters. The molecule has 8 heavy (non-hydrogen) atoms. The minimum absolute atomic E-state index is 1.23. The lowest BCUT2D eigenvalue weighted by atomic mass is 10.5. The van der Waals surface area contributed by atoms with E-state index < -0.39 is 0 Å². The SMILES string of the molecule is c1cc(N2CC2)c[nH]1. The summed E-state index contributed by atoms with van der Waals surface area (Å²) in [5.41, 5.74) is 1.32. The van der Waals surface area contributed by atoms with Crippen LogP contribution in [0.1, 0.15) is 0 Å². The van der Waals surface area contributed by atoms with Crippen molar-refractivity contribution in [1.29, 1.82) is 0 Å². The number of nitrogens with one attached hydrogen (secondary N) is 1. The van der Waals surface area contributed by atoms with Gasteiger partial charge in [-0.05, 0) is 6.07 Å². The van der Waals surface area contributed by atoms with Gasteiger partial charge in [-0.15, -0.1) is 0 Å². The summed E-state index contributed by atoms with van der Waals surface area (Å²) >= 11 is 0. The van der Waals surface area contributed by atoms with Gasteiger partial charge in [-0.1, -0.05) is 0 Å². The van der Waals surface area contributed by atoms with E-state index in [0.717, 1.165) is 0 Å². The fourth-order valence-corrected chi connectivity index (χ4v) is 0.820. The van der Waals surface area contributed by atoms with Crippen LogP contribution in [0.4, 0.5) is 5.69 Å². The second-order valence-electron chi connectivity index (χ2n) is 2.06. The molecule has 2 rings (SSSR count). The smallest absolute Gasteiger partial charge is 0.0544 e. The molecule has 0 aliphatic carbocycles. The Hall–Kier alpha value is -0.920. The van der Waals surface area contributed by atoms with Gasteiger partial charge in [0.2, 0.25) is 0 Å². The van der Waals surface area contributed by atoms with Crippen LogP contribution in [0.15, 0.2) is 18.5 Å². The first kappa shape index (κ1) is 4.01. The van der Waals surface area contributed by atoms with Gasteiger partial charge in [0.1, 0.15) is 0 Å². The lowest BCUT2D eigenvalue weighted by Gasteiger charge is -1.91. The maximum Gasteiger partial charge on any atom is 0.0544 e. The maximum atomic E-state index is 3.01. The van der Waals surface area contributed by atoms with Crippen LogP contribution in [0.2, 0.25) is 0 Å². The van der Waals surface area contributed by atoms with Gasteiger partial charge in [0, 0.05) is 25.5 Å². The molecule has 2 nitrogen and oxygen atoms in total. The number of hydrogen-bond donors (Lipinski definition) is 1. The Bertz CT molecular complexity index is 163. The molecule has 0 unspecified atom stereocenters. The summed E-state index contributed by atoms with van der Waals surface area (Å²) in [6, 6.07) is 2.09. The van der Waals surface area contributed by atoms with E-state index in [0.29, 0.717) is 0 Å². The Morgan fingerprint density at radius 2 is 2.38 bits per heavy atom. The van der Waals surface area contributed by atoms with Gasteiger partial charge in [0.05, 0.1) is 5.69 Å². The molecule has 1 fully saturated rings. The molecule has 1 N–H and O–H groups in total. The Labute approximate surface area is 48.1 Å². The molecule has 1 saturated heterocycles. The molecule has 2 heterocycles. The number of aromatic nitrogens is 1. The molecule has 1 aromatic heterocycles. The van der Waals surface area contributed by atoms with Crippen molar-refractivity contribution in [3.8, 4) is 0 Å². The molecular weight excluding hydrogens is 100 g/mol. The lowest BCUT2D eigenvalue weighted by molar-refractivity contribution is 1.37. The fourth-order valence-electron chi connectivity index (χ4n) is 0.820. The average Bonchev–Trinajstić information content (AvgIpc) is 2.49. The topological polar surface area (TPSA) is 18.8 Å². The number of hydrogen-bond acceptors (Lipinski definition) is 1. The van der Waals surface area contributed by atoms with Crippen LogP contribution in [-0.2, 0) is 0 Å². The van der Waals surface area contributed by atoms with Crippen molar-refractivity contribution in [3.05, 3.63) is 18.5 Å². The standard InChI is InChI=1S/C6H8N2/c1-2-7-5-6(1)8-3-4-8/h1-2,5,7H,3-4H2. The van der Waals surface area contributed by atoms with Crippen LogP contribution in [0.25, 0.3) is 0 Å². The zero-order chi connectivity index (χ0) is 5.40. The van der Waals surface area contributed by atoms with Crippen LogP contribution in [0.3, 0.4) is 0 Å². The van der Waals surface area contributed by atoms with E-state index in [1.165, 1.54) is 18.8 Å². The van der Waals surface area contributed by atoms with Crippen LogP contribution in [0.5, 0.6) is 0 Å². The molecule has 0 radical (unpaired) electrons. The molecule has 1 aromatic rings. The van der Waals surface area contributed by atoms with Gasteiger partial charge in [-0.25, -0.2) is 0 Å². The molecule has 0 saturated carbocycles. The van der Waals surface area contributed by atoms with E-state index in [-0.39, 0.29) is 0 Å². The van der Waals surface area contributed by atoms with E-state index in [2.05, 4.69) is 16.0 Å². The van der Waals surface area contributed by atoms with E-state index in [4.69, 9.17) is 0 Å². The number of H-pyrrole nitrogens is 1. The molecule has 0 amide bonds. The van der Waals surface area contributed by atoms with Crippen molar-refractivity contribution >= 4 is 5.69 Å². The highest BCUT2D eigenvalue weighted by atomic mass is 15.3. The van der Waals surface area contributed by atoms with Crippen LogP contribution >= 0.6 is 0 Å². The van der Waals surface area contributed by atoms with Crippen molar-refractivity contribution < 1.29 is 0 Å². The lowest BCUT2D eigenvalue weighted by Crippen LogP contribution is -1.85. The van der Waals surface area contributed by atoms with Gasteiger partial charge in [0.15, 0.2) is 0 Å². The second kappa shape index (κ2) is 1.28. The van der Waals surface area contributed by atoms with Gasteiger partial charge in [-0.3, -0.25) is 0 Å². The average molecular weight is 108 g/mol. The van der Waals surface area contributed by atoms with Crippen LogP contribution in [0, 0.1) is 0 Å². The predicted molar refractivity (Wildman–Crippen MR) is 33.0 cm³/mol. The molecule has 42 valence electrons. The maximum absolute atomic E-state index is 3.01. The summed E-state index contributed by atoms with van der Waals surface area (Å²) in [5.74, 6) is 0. The molecule has 1 aliphatic heterocycles. The third-order valence-electron chi connectivity index (χ3n) is 1.39. The molecule has 0 spiro atoms. The van der Waals surface area contributed by atoms with Gasteiger partial charge in [-0.2, -0.15) is 0 Å². The third-order valence-corrected chi connectivity index (χ3v) is 1.39. The first-order chi connectivity index (χ1) is 3.97. The summed E-state index contributed by atoms with van der Waals surface area (Å²) in [4.78, 5) is 5.31. The quantitative estimate of drug-likeness (QED) is 0.528. The van der Waals surface area contributed by atoms with Crippen molar-refractivity contribution in [1.82, 2.24) is 4.98 Å². The molecule has 2 heteroatoms. The van der Waals surface area contributed by atoms with E-state index in [9.17, 15) is 0 Å². The Morgan fingerprint density at radius 3 is 2.88 bits per heavy atom. The minimum atomic E-state index is 1.23. The third kappa shape index (κ3) is 0.494. The van der Waals surface area contributed by atoms with Gasteiger partial charge < -0.3 is 9.88 Å². The summed E-state index contributed by atoms with van der Waals surface area (Å²) in [6.07, 6.45) is 3.97. The largest absolute Gasteiger partial charge is 0.367 e. The highest BCUT2D eigenvalue weighted by Crippen LogP contribution is 2.18. The summed E-state index contributed by atoms with van der Waals surface area (Å²) in [6.45, 7) is 2.47. The molecule has 1 aliphatic rings. The van der Waals surface area contributed by atoms with Crippen molar-refractivity contribution in [2.24, 2.45) is 0 Å². The highest BCUT2D eigenvalue weighted by molar-refractivity contribution is 5.49. The number of nitrogens with zero attached hydrogens (tertiary/aromatic N) is 1. The van der Waals surface area contributed by atoms with Crippen molar-refractivity contribution in [2.45, 2.75) is 0 Å². The van der Waals surface area contributed by atoms with Gasteiger partial charge in [0.25, 0.3) is 0 Å². The highest BCUT2D eigenvalue weighted by Gasteiger charge is 2.16. The van der Waals surface area contributed by atoms with Crippen LogP contribution < -0.4 is 4.90 Å². The number of rotatable bonds is 1. The normalized spacial score (nSPS) is 16.8. The van der Waals surface area contributed by atoms with E-state index in [1.54, 1.807) is 0 Å². The second-order valence-corrected chi connectivity index (χ2v) is 2.06. The predicted octanol–water partition coefficient (Wildman–Crippen LogP) is 0.835. The summed E-state index contributed by atoms with van der Waals surface area (Å²) < 4.78 is 0. The Morgan fingerprint density at radius 1 is 1.50 bits per heavy atom. The molecular formula is C6H8N2. The van der Waals surface area contributed by atoms with Crippen LogP contribution in [-0.4, -0.2) is 18.1 Å². The summed E-state index contributed by atoms with van der Waals surface area (Å²) in [5, 5.41) is 0. The van der Waals surface area contributed by atoms with Gasteiger partial charge >= 0.3 is 0 Å². The van der Waals surface area contributed by atoms with E-state index >= 15 is 0 Å². The summed E-state index contributed by atoms with van der Waals surface area (Å²) in [7, 11) is 0. The fraction of sp³-hybridized carbons (Fsp3) is 0.333. The monoisotopic (exact) mass is 108 g/mol. The van der Waals surface area contributed by atoms with Crippen molar-refractivity contribution in [2.75, 3.05) is 18.0 Å². The molecule has 0 aromatic carbocycles. The van der Waals surface area contributed by atoms with E-state index in [1.807, 2.05) is 12.4 Å². The number of aromatic amines is 1. The zero-order valence-corrected chi connectivity index (χ0v) is 4.59. The number of anilines is 1.